The van der Waals surface area contributed by atoms with Crippen molar-refractivity contribution >= 4 is 5.91 Å². The summed E-state index contributed by atoms with van der Waals surface area (Å²) in [7, 11) is 0. The molecule has 1 aliphatic heterocycles. The molecule has 0 saturated carbocycles. The summed E-state index contributed by atoms with van der Waals surface area (Å²) >= 11 is 0. The molecule has 1 heterocycles. The van der Waals surface area contributed by atoms with E-state index < -0.39 is 17.6 Å². The molecule has 0 aromatic heterocycles. The predicted octanol–water partition coefficient (Wildman–Crippen LogP) is 2.85. The van der Waals surface area contributed by atoms with Crippen molar-refractivity contribution in [3.8, 4) is 0 Å². The lowest BCUT2D eigenvalue weighted by molar-refractivity contribution is -0.138. The van der Waals surface area contributed by atoms with Gasteiger partial charge in [0.05, 0.1) is 5.56 Å². The Bertz CT molecular complexity index is 545. The van der Waals surface area contributed by atoms with Crippen molar-refractivity contribution in [2.75, 3.05) is 6.54 Å². The van der Waals surface area contributed by atoms with Crippen molar-refractivity contribution in [1.29, 1.82) is 0 Å². The molecule has 2 N–H and O–H groups in total. The fourth-order valence-corrected chi connectivity index (χ4v) is 2.66. The summed E-state index contributed by atoms with van der Waals surface area (Å²) in [5.74, 6) is -1.41. The second-order valence-corrected chi connectivity index (χ2v) is 5.59. The summed E-state index contributed by atoms with van der Waals surface area (Å²) in [6.07, 6.45) is -3.33. The van der Waals surface area contributed by atoms with Gasteiger partial charge in [-0.05, 0) is 44.0 Å². The van der Waals surface area contributed by atoms with Crippen molar-refractivity contribution < 1.29 is 22.4 Å². The molecule has 0 unspecified atom stereocenters. The van der Waals surface area contributed by atoms with Gasteiger partial charge in [-0.2, -0.15) is 13.2 Å². The van der Waals surface area contributed by atoms with Crippen LogP contribution in [0, 0.1) is 11.7 Å². The molecule has 2 atom stereocenters. The minimum absolute atomic E-state index is 0.135. The van der Waals surface area contributed by atoms with Crippen LogP contribution >= 0.6 is 0 Å². The molecule has 2 rings (SSSR count). The van der Waals surface area contributed by atoms with Crippen molar-refractivity contribution in [1.82, 2.24) is 10.6 Å². The topological polar surface area (TPSA) is 41.1 Å². The number of carbonyl (C=O) groups is 1. The van der Waals surface area contributed by atoms with Gasteiger partial charge in [-0.15, -0.1) is 0 Å². The Morgan fingerprint density at radius 2 is 2.14 bits per heavy atom. The molecule has 0 radical (unpaired) electrons. The van der Waals surface area contributed by atoms with E-state index in [4.69, 9.17) is 0 Å². The number of benzene rings is 1. The molecule has 1 fully saturated rings. The third-order valence-corrected chi connectivity index (χ3v) is 3.82. The van der Waals surface area contributed by atoms with Gasteiger partial charge in [0.1, 0.15) is 5.82 Å². The second kappa shape index (κ2) is 6.64. The van der Waals surface area contributed by atoms with Crippen LogP contribution in [0.1, 0.15) is 30.9 Å². The molecule has 1 saturated heterocycles. The van der Waals surface area contributed by atoms with Crippen LogP contribution < -0.4 is 10.6 Å². The van der Waals surface area contributed by atoms with E-state index in [-0.39, 0.29) is 30.0 Å². The third-order valence-electron chi connectivity index (χ3n) is 3.82. The Kier molecular flexibility index (Phi) is 5.05. The predicted molar refractivity (Wildman–Crippen MR) is 73.4 cm³/mol. The molecule has 0 aliphatic carbocycles. The maximum atomic E-state index is 13.0. The highest BCUT2D eigenvalue weighted by atomic mass is 19.4. The van der Waals surface area contributed by atoms with E-state index >= 15 is 0 Å². The lowest BCUT2D eigenvalue weighted by atomic mass is 9.92. The highest BCUT2D eigenvalue weighted by Crippen LogP contribution is 2.32. The number of rotatable bonds is 3. The van der Waals surface area contributed by atoms with Crippen LogP contribution in [0.5, 0.6) is 0 Å². The SMILES string of the molecule is C[C@H]1C[C@@H](C(=O)NCc2ccc(F)cc2C(F)(F)F)CCN1. The van der Waals surface area contributed by atoms with E-state index in [1.54, 1.807) is 0 Å². The molecule has 0 spiro atoms. The number of halogens is 4. The van der Waals surface area contributed by atoms with Crippen LogP contribution in [0.15, 0.2) is 18.2 Å². The van der Waals surface area contributed by atoms with Gasteiger partial charge in [-0.3, -0.25) is 4.79 Å². The molecule has 1 aromatic carbocycles. The van der Waals surface area contributed by atoms with Crippen LogP contribution in [-0.4, -0.2) is 18.5 Å². The van der Waals surface area contributed by atoms with Crippen LogP contribution in [0.25, 0.3) is 0 Å². The Hall–Kier alpha value is -1.63. The van der Waals surface area contributed by atoms with E-state index in [9.17, 15) is 22.4 Å². The highest BCUT2D eigenvalue weighted by Gasteiger charge is 2.34. The van der Waals surface area contributed by atoms with Crippen molar-refractivity contribution in [3.05, 3.63) is 35.1 Å². The van der Waals surface area contributed by atoms with Gasteiger partial charge in [0.25, 0.3) is 0 Å². The zero-order valence-electron chi connectivity index (χ0n) is 12.1. The Labute approximate surface area is 126 Å². The van der Waals surface area contributed by atoms with E-state index in [2.05, 4.69) is 10.6 Å². The summed E-state index contributed by atoms with van der Waals surface area (Å²) < 4.78 is 51.6. The Morgan fingerprint density at radius 1 is 1.41 bits per heavy atom. The molecule has 1 amide bonds. The van der Waals surface area contributed by atoms with Gasteiger partial charge in [0.15, 0.2) is 0 Å². The van der Waals surface area contributed by atoms with Gasteiger partial charge < -0.3 is 10.6 Å². The largest absolute Gasteiger partial charge is 0.416 e. The zero-order chi connectivity index (χ0) is 16.3. The lowest BCUT2D eigenvalue weighted by Crippen LogP contribution is -2.42. The van der Waals surface area contributed by atoms with Crippen molar-refractivity contribution in [3.63, 3.8) is 0 Å². The molecule has 22 heavy (non-hydrogen) atoms. The van der Waals surface area contributed by atoms with Crippen LogP contribution in [0.2, 0.25) is 0 Å². The minimum Gasteiger partial charge on any atom is -0.352 e. The first-order valence-corrected chi connectivity index (χ1v) is 7.14. The first-order valence-electron chi connectivity index (χ1n) is 7.14. The van der Waals surface area contributed by atoms with E-state index in [1.807, 2.05) is 6.92 Å². The molecule has 1 aromatic rings. The molecule has 3 nitrogen and oxygen atoms in total. The molecule has 1 aliphatic rings. The number of nitrogens with one attached hydrogen (secondary N) is 2. The van der Waals surface area contributed by atoms with E-state index in [1.165, 1.54) is 0 Å². The quantitative estimate of drug-likeness (QED) is 0.842. The summed E-state index contributed by atoms with van der Waals surface area (Å²) in [5.41, 5.74) is -1.18. The maximum absolute atomic E-state index is 13.0. The molecule has 0 bridgehead atoms. The number of carbonyl (C=O) groups excluding carboxylic acids is 1. The molecule has 122 valence electrons. The second-order valence-electron chi connectivity index (χ2n) is 5.59. The molecular formula is C15H18F4N2O. The van der Waals surface area contributed by atoms with Gasteiger partial charge in [-0.1, -0.05) is 6.07 Å². The average Bonchev–Trinajstić information content (AvgIpc) is 2.44. The molecule has 7 heteroatoms. The summed E-state index contributed by atoms with van der Waals surface area (Å²) in [6.45, 7) is 2.41. The van der Waals surface area contributed by atoms with Gasteiger partial charge in [0, 0.05) is 18.5 Å². The Balaban J connectivity index is 2.04. The van der Waals surface area contributed by atoms with Crippen LogP contribution in [0.4, 0.5) is 17.6 Å². The normalized spacial score (nSPS) is 22.4. The first-order chi connectivity index (χ1) is 10.3. The van der Waals surface area contributed by atoms with Gasteiger partial charge in [-0.25, -0.2) is 4.39 Å². The fraction of sp³-hybridized carbons (Fsp3) is 0.533. The molecular weight excluding hydrogens is 300 g/mol. The highest BCUT2D eigenvalue weighted by molar-refractivity contribution is 5.78. The van der Waals surface area contributed by atoms with Gasteiger partial charge >= 0.3 is 6.18 Å². The van der Waals surface area contributed by atoms with Gasteiger partial charge in [0.2, 0.25) is 5.91 Å². The zero-order valence-corrected chi connectivity index (χ0v) is 12.1. The van der Waals surface area contributed by atoms with Crippen molar-refractivity contribution in [2.45, 2.75) is 38.5 Å². The number of hydrogen-bond acceptors (Lipinski definition) is 2. The Morgan fingerprint density at radius 3 is 2.77 bits per heavy atom. The van der Waals surface area contributed by atoms with E-state index in [0.717, 1.165) is 12.1 Å². The van der Waals surface area contributed by atoms with Crippen LogP contribution in [-0.2, 0) is 17.5 Å². The minimum atomic E-state index is -4.65. The smallest absolute Gasteiger partial charge is 0.352 e. The fourth-order valence-electron chi connectivity index (χ4n) is 2.66. The maximum Gasteiger partial charge on any atom is 0.416 e. The lowest BCUT2D eigenvalue weighted by Gasteiger charge is -2.27. The average molecular weight is 318 g/mol. The third kappa shape index (κ3) is 4.19. The summed E-state index contributed by atoms with van der Waals surface area (Å²) in [6, 6.07) is 2.68. The van der Waals surface area contributed by atoms with Crippen LogP contribution in [0.3, 0.4) is 0 Å². The first kappa shape index (κ1) is 16.7. The van der Waals surface area contributed by atoms with E-state index in [0.29, 0.717) is 25.5 Å². The standard InChI is InChI=1S/C15H18F4N2O/c1-9-6-10(4-5-20-9)14(22)21-8-11-2-3-12(16)7-13(11)15(17,18)19/h2-3,7,9-10,20H,4-6,8H2,1H3,(H,21,22)/t9-,10-/m0/s1. The van der Waals surface area contributed by atoms with Crippen molar-refractivity contribution in [2.24, 2.45) is 5.92 Å². The number of hydrogen-bond donors (Lipinski definition) is 2. The monoisotopic (exact) mass is 318 g/mol. The number of amides is 1. The number of alkyl halides is 3. The summed E-state index contributed by atoms with van der Waals surface area (Å²) in [4.78, 5) is 12.1. The number of piperidine rings is 1. The summed E-state index contributed by atoms with van der Waals surface area (Å²) in [5, 5.41) is 5.74.